The third-order valence-electron chi connectivity index (χ3n) is 8.81. The zero-order valence-corrected chi connectivity index (χ0v) is 23.2. The average Bonchev–Trinajstić information content (AvgIpc) is 2.79. The molecule has 1 aliphatic carbocycles. The lowest BCUT2D eigenvalue weighted by Gasteiger charge is -2.52. The molecule has 1 aromatic heterocycles. The maximum Gasteiger partial charge on any atom is 0.309 e. The molecule has 3 fully saturated rings. The van der Waals surface area contributed by atoms with E-state index in [1.54, 1.807) is 23.7 Å². The Morgan fingerprint density at radius 2 is 1.89 bits per heavy atom. The van der Waals surface area contributed by atoms with Crippen molar-refractivity contribution in [1.29, 1.82) is 0 Å². The van der Waals surface area contributed by atoms with Gasteiger partial charge in [-0.3, -0.25) is 9.59 Å². The van der Waals surface area contributed by atoms with Crippen molar-refractivity contribution in [2.75, 3.05) is 36.4 Å². The number of halogens is 2. The molecule has 0 unspecified atom stereocenters. The molecule has 9 heteroatoms. The van der Waals surface area contributed by atoms with Crippen LogP contribution in [0.4, 0.5) is 11.4 Å². The zero-order valence-electron chi connectivity index (χ0n) is 21.7. The largest absolute Gasteiger partial charge is 0.481 e. The van der Waals surface area contributed by atoms with Gasteiger partial charge < -0.3 is 24.8 Å². The smallest absolute Gasteiger partial charge is 0.309 e. The molecular weight excluding hydrogens is 511 g/mol. The minimum Gasteiger partial charge on any atom is -0.481 e. The van der Waals surface area contributed by atoms with Gasteiger partial charge in [0, 0.05) is 49.0 Å². The summed E-state index contributed by atoms with van der Waals surface area (Å²) in [6.07, 6.45) is 5.86. The fraction of sp³-hybridized carbons (Fsp3) is 0.571. The molecule has 5 rings (SSSR count). The molecule has 37 heavy (non-hydrogen) atoms. The molecule has 7 nitrogen and oxygen atoms in total. The van der Waals surface area contributed by atoms with Crippen molar-refractivity contribution in [2.45, 2.75) is 51.6 Å². The number of aliphatic carboxylic acids is 1. The Bertz CT molecular complexity index is 1240. The Balaban J connectivity index is 1.21. The van der Waals surface area contributed by atoms with Crippen LogP contribution in [0.2, 0.25) is 10.0 Å². The standard InChI is InChI=1S/C28H36Cl2N4O3/c1-17(23-7-6-20(29)9-24(23)30)31-25-10-21(16-32(3)26(25)35)34-14-19(15-34)18-5-4-8-33(13-18)22-11-28(2,12-22)27(36)37/h6-7,9-10,16-19,22,31H,4-5,8,11-15H2,1-3H3,(H,36,37)/t17-,18+,22?,28?/m1/s1. The predicted octanol–water partition coefficient (Wildman–Crippen LogP) is 5.27. The Morgan fingerprint density at radius 3 is 2.57 bits per heavy atom. The second-order valence-corrected chi connectivity index (χ2v) is 12.4. The number of hydrogen-bond donors (Lipinski definition) is 2. The number of carboxylic acids is 1. The molecule has 0 radical (unpaired) electrons. The van der Waals surface area contributed by atoms with Gasteiger partial charge in [0.2, 0.25) is 0 Å². The van der Waals surface area contributed by atoms with Crippen LogP contribution in [-0.4, -0.2) is 52.8 Å². The van der Waals surface area contributed by atoms with Crippen LogP contribution >= 0.6 is 23.2 Å². The lowest BCUT2D eigenvalue weighted by Crippen LogP contribution is -2.58. The maximum atomic E-state index is 12.9. The van der Waals surface area contributed by atoms with Gasteiger partial charge in [0.25, 0.3) is 5.56 Å². The fourth-order valence-corrected chi connectivity index (χ4v) is 6.90. The Hall–Kier alpha value is -2.22. The van der Waals surface area contributed by atoms with Crippen LogP contribution in [-0.2, 0) is 11.8 Å². The van der Waals surface area contributed by atoms with Crippen LogP contribution in [0.25, 0.3) is 0 Å². The number of aromatic nitrogens is 1. The highest BCUT2D eigenvalue weighted by atomic mass is 35.5. The van der Waals surface area contributed by atoms with Crippen LogP contribution < -0.4 is 15.8 Å². The summed E-state index contributed by atoms with van der Waals surface area (Å²) >= 11 is 12.4. The van der Waals surface area contributed by atoms with Crippen LogP contribution in [0.15, 0.2) is 35.3 Å². The van der Waals surface area contributed by atoms with Gasteiger partial charge in [0.15, 0.2) is 0 Å². The van der Waals surface area contributed by atoms with Crippen molar-refractivity contribution in [3.05, 3.63) is 56.4 Å². The highest BCUT2D eigenvalue weighted by Crippen LogP contribution is 2.45. The van der Waals surface area contributed by atoms with Gasteiger partial charge in [-0.05, 0) is 81.7 Å². The molecule has 200 valence electrons. The maximum absolute atomic E-state index is 12.9. The molecule has 2 aliphatic heterocycles. The molecule has 3 heterocycles. The first-order chi connectivity index (χ1) is 17.5. The predicted molar refractivity (Wildman–Crippen MR) is 149 cm³/mol. The first-order valence-electron chi connectivity index (χ1n) is 13.2. The van der Waals surface area contributed by atoms with Crippen molar-refractivity contribution < 1.29 is 9.90 Å². The molecule has 0 bridgehead atoms. The van der Waals surface area contributed by atoms with E-state index in [0.29, 0.717) is 33.6 Å². The summed E-state index contributed by atoms with van der Waals surface area (Å²) in [5.41, 5.74) is 1.86. The molecule has 1 saturated carbocycles. The van der Waals surface area contributed by atoms with E-state index in [1.807, 2.05) is 32.2 Å². The van der Waals surface area contributed by atoms with Gasteiger partial charge in [-0.25, -0.2) is 0 Å². The second kappa shape index (κ2) is 10.2. The Labute approximate surface area is 228 Å². The Kier molecular flexibility index (Phi) is 7.24. The van der Waals surface area contributed by atoms with E-state index < -0.39 is 11.4 Å². The van der Waals surface area contributed by atoms with Crippen molar-refractivity contribution in [1.82, 2.24) is 9.47 Å². The zero-order chi connectivity index (χ0) is 26.5. The number of anilines is 2. The number of aryl methyl sites for hydroxylation is 1. The van der Waals surface area contributed by atoms with Crippen LogP contribution in [0.1, 0.15) is 51.1 Å². The lowest BCUT2D eigenvalue weighted by molar-refractivity contribution is -0.158. The number of pyridine rings is 1. The third kappa shape index (κ3) is 5.23. The molecule has 2 atom stereocenters. The lowest BCUT2D eigenvalue weighted by atomic mass is 9.65. The molecule has 2 aromatic rings. The molecule has 0 amide bonds. The SMILES string of the molecule is C[C@@H](Nc1cc(N2CC([C@H]3CCCN(C4CC(C)(C(=O)O)C4)C3)C2)cn(C)c1=O)c1ccc(Cl)cc1Cl. The average molecular weight is 548 g/mol. The van der Waals surface area contributed by atoms with Crippen LogP contribution in [0, 0.1) is 17.3 Å². The van der Waals surface area contributed by atoms with E-state index in [4.69, 9.17) is 23.2 Å². The normalized spacial score (nSPS) is 27.3. The minimum atomic E-state index is -0.663. The van der Waals surface area contributed by atoms with E-state index >= 15 is 0 Å². The van der Waals surface area contributed by atoms with E-state index in [-0.39, 0.29) is 11.6 Å². The number of piperidine rings is 1. The van der Waals surface area contributed by atoms with E-state index in [9.17, 15) is 14.7 Å². The van der Waals surface area contributed by atoms with E-state index in [2.05, 4.69) is 15.1 Å². The molecule has 0 spiro atoms. The Morgan fingerprint density at radius 1 is 1.16 bits per heavy atom. The first-order valence-corrected chi connectivity index (χ1v) is 13.9. The van der Waals surface area contributed by atoms with Gasteiger partial charge in [-0.15, -0.1) is 0 Å². The summed E-state index contributed by atoms with van der Waals surface area (Å²) in [5.74, 6) is 0.594. The van der Waals surface area contributed by atoms with E-state index in [1.165, 1.54) is 12.8 Å². The highest BCUT2D eigenvalue weighted by molar-refractivity contribution is 6.35. The monoisotopic (exact) mass is 546 g/mol. The number of nitrogens with one attached hydrogen (secondary N) is 1. The summed E-state index contributed by atoms with van der Waals surface area (Å²) in [7, 11) is 1.79. The summed E-state index contributed by atoms with van der Waals surface area (Å²) < 4.78 is 1.64. The molecule has 3 aliphatic rings. The topological polar surface area (TPSA) is 77.8 Å². The number of likely N-dealkylation sites (tertiary alicyclic amines) is 1. The highest BCUT2D eigenvalue weighted by Gasteiger charge is 2.49. The van der Waals surface area contributed by atoms with Crippen molar-refractivity contribution >= 4 is 40.5 Å². The fourth-order valence-electron chi connectivity index (χ4n) is 6.33. The van der Waals surface area contributed by atoms with Gasteiger partial charge in [-0.1, -0.05) is 29.3 Å². The van der Waals surface area contributed by atoms with Crippen LogP contribution in [0.3, 0.4) is 0 Å². The molecule has 2 N–H and O–H groups in total. The van der Waals surface area contributed by atoms with Gasteiger partial charge in [0.05, 0.1) is 17.1 Å². The number of nitrogens with zero attached hydrogens (tertiary/aromatic N) is 3. The molecule has 1 aromatic carbocycles. The summed E-state index contributed by atoms with van der Waals surface area (Å²) in [6.45, 7) is 7.96. The van der Waals surface area contributed by atoms with Gasteiger partial charge >= 0.3 is 5.97 Å². The number of hydrogen-bond acceptors (Lipinski definition) is 5. The van der Waals surface area contributed by atoms with Gasteiger partial charge in [0.1, 0.15) is 5.69 Å². The van der Waals surface area contributed by atoms with Crippen LogP contribution in [0.5, 0.6) is 0 Å². The van der Waals surface area contributed by atoms with Crippen molar-refractivity contribution in [2.24, 2.45) is 24.3 Å². The number of benzene rings is 1. The van der Waals surface area contributed by atoms with Crippen molar-refractivity contribution in [3.8, 4) is 0 Å². The number of rotatable bonds is 7. The van der Waals surface area contributed by atoms with E-state index in [0.717, 1.165) is 50.3 Å². The summed E-state index contributed by atoms with van der Waals surface area (Å²) in [5, 5.41) is 14.0. The molecule has 2 saturated heterocycles. The second-order valence-electron chi connectivity index (χ2n) is 11.6. The van der Waals surface area contributed by atoms with Gasteiger partial charge in [-0.2, -0.15) is 0 Å². The quantitative estimate of drug-likeness (QED) is 0.492. The summed E-state index contributed by atoms with van der Waals surface area (Å²) in [4.78, 5) is 29.3. The third-order valence-corrected chi connectivity index (χ3v) is 9.37. The van der Waals surface area contributed by atoms with Crippen molar-refractivity contribution in [3.63, 3.8) is 0 Å². The number of carboxylic acid groups (broad SMARTS) is 1. The number of carbonyl (C=O) groups is 1. The molecular formula is C28H36Cl2N4O3. The summed E-state index contributed by atoms with van der Waals surface area (Å²) in [6, 6.07) is 7.61. The minimum absolute atomic E-state index is 0.0745. The first kappa shape index (κ1) is 26.4.